The predicted octanol–water partition coefficient (Wildman–Crippen LogP) is 1.31. The van der Waals surface area contributed by atoms with Crippen LogP contribution in [0.3, 0.4) is 0 Å². The van der Waals surface area contributed by atoms with Crippen LogP contribution in [0.4, 0.5) is 11.6 Å². The molecule has 0 saturated heterocycles. The quantitative estimate of drug-likeness (QED) is 0.564. The number of aromatic nitrogens is 3. The van der Waals surface area contributed by atoms with E-state index in [0.717, 1.165) is 18.5 Å². The average Bonchev–Trinajstić information content (AvgIpc) is 2.84. The maximum atomic E-state index is 12.2. The first-order chi connectivity index (χ1) is 9.63. The average molecular weight is 274 g/mol. The number of anilines is 2. The summed E-state index contributed by atoms with van der Waals surface area (Å²) in [4.78, 5) is 16.5. The van der Waals surface area contributed by atoms with Crippen molar-refractivity contribution in [3.8, 4) is 0 Å². The Kier molecular flexibility index (Phi) is 4.31. The molecule has 2 aromatic heterocycles. The predicted molar refractivity (Wildman–Crippen MR) is 77.2 cm³/mol. The van der Waals surface area contributed by atoms with Crippen LogP contribution in [0, 0.1) is 0 Å². The number of nitrogens with one attached hydrogen (secondary N) is 2. The minimum atomic E-state index is -0.218. The van der Waals surface area contributed by atoms with Crippen LogP contribution in [-0.2, 0) is 13.5 Å². The number of carbonyl (C=O) groups excluding carboxylic acids is 1. The van der Waals surface area contributed by atoms with Crippen molar-refractivity contribution in [2.75, 3.05) is 10.7 Å². The molecule has 2 heterocycles. The lowest BCUT2D eigenvalue weighted by atomic mass is 10.1. The first kappa shape index (κ1) is 14.0. The fourth-order valence-corrected chi connectivity index (χ4v) is 1.86. The summed E-state index contributed by atoms with van der Waals surface area (Å²) in [5, 5.41) is 6.79. The molecule has 0 atom stereocenters. The van der Waals surface area contributed by atoms with E-state index < -0.39 is 0 Å². The van der Waals surface area contributed by atoms with Crippen LogP contribution < -0.4 is 16.6 Å². The second-order valence-electron chi connectivity index (χ2n) is 4.42. The third kappa shape index (κ3) is 3.12. The van der Waals surface area contributed by atoms with Gasteiger partial charge in [0.05, 0.1) is 6.20 Å². The van der Waals surface area contributed by atoms with Crippen molar-refractivity contribution in [1.82, 2.24) is 14.8 Å². The molecule has 0 aromatic carbocycles. The molecule has 0 aliphatic carbocycles. The number of aryl methyl sites for hydroxylation is 2. The Morgan fingerprint density at radius 3 is 2.85 bits per heavy atom. The van der Waals surface area contributed by atoms with Crippen LogP contribution in [0.15, 0.2) is 24.4 Å². The van der Waals surface area contributed by atoms with Crippen molar-refractivity contribution in [3.63, 3.8) is 0 Å². The summed E-state index contributed by atoms with van der Waals surface area (Å²) >= 11 is 0. The highest BCUT2D eigenvalue weighted by Crippen LogP contribution is 2.13. The third-order valence-corrected chi connectivity index (χ3v) is 2.86. The van der Waals surface area contributed by atoms with Crippen LogP contribution in [-0.4, -0.2) is 20.7 Å². The van der Waals surface area contributed by atoms with Crippen LogP contribution in [0.5, 0.6) is 0 Å². The lowest BCUT2D eigenvalue weighted by Gasteiger charge is -2.09. The molecule has 20 heavy (non-hydrogen) atoms. The maximum absolute atomic E-state index is 12.2. The van der Waals surface area contributed by atoms with E-state index in [4.69, 9.17) is 5.84 Å². The van der Waals surface area contributed by atoms with Gasteiger partial charge in [-0.15, -0.1) is 0 Å². The van der Waals surface area contributed by atoms with Gasteiger partial charge >= 0.3 is 0 Å². The van der Waals surface area contributed by atoms with E-state index in [0.29, 0.717) is 17.2 Å². The fourth-order valence-electron chi connectivity index (χ4n) is 1.86. The van der Waals surface area contributed by atoms with Crippen LogP contribution in [0.25, 0.3) is 0 Å². The minimum absolute atomic E-state index is 0.218. The van der Waals surface area contributed by atoms with E-state index in [1.807, 2.05) is 0 Å². The summed E-state index contributed by atoms with van der Waals surface area (Å²) < 4.78 is 1.59. The number of amides is 1. The smallest absolute Gasteiger partial charge is 0.257 e. The second-order valence-corrected chi connectivity index (χ2v) is 4.42. The number of nitrogens with two attached hydrogens (primary N) is 1. The molecule has 0 aliphatic rings. The van der Waals surface area contributed by atoms with E-state index in [1.54, 1.807) is 36.1 Å². The van der Waals surface area contributed by atoms with Gasteiger partial charge in [0, 0.05) is 24.4 Å². The van der Waals surface area contributed by atoms with Gasteiger partial charge in [-0.3, -0.25) is 9.48 Å². The first-order valence-corrected chi connectivity index (χ1v) is 6.41. The number of nitrogen functional groups attached to an aromatic ring is 1. The molecule has 0 unspecified atom stereocenters. The molecule has 0 fully saturated rings. The number of nitrogens with zero attached hydrogens (tertiary/aromatic N) is 3. The minimum Gasteiger partial charge on any atom is -0.308 e. The maximum Gasteiger partial charge on any atom is 0.257 e. The largest absolute Gasteiger partial charge is 0.308 e. The standard InChI is InChI=1S/C13H18N6O/c1-3-4-10-7-9(8-11(16-10)18-14)13(20)17-12-5-6-15-19(12)2/h5-8H,3-4,14H2,1-2H3,(H,16,18)(H,17,20). The van der Waals surface area contributed by atoms with Gasteiger partial charge in [-0.2, -0.15) is 5.10 Å². The van der Waals surface area contributed by atoms with Crippen LogP contribution in [0.2, 0.25) is 0 Å². The Morgan fingerprint density at radius 1 is 1.45 bits per heavy atom. The molecule has 0 radical (unpaired) electrons. The molecule has 0 aliphatic heterocycles. The fraction of sp³-hybridized carbons (Fsp3) is 0.308. The van der Waals surface area contributed by atoms with Gasteiger partial charge in [-0.25, -0.2) is 10.8 Å². The van der Waals surface area contributed by atoms with Crippen LogP contribution >= 0.6 is 0 Å². The summed E-state index contributed by atoms with van der Waals surface area (Å²) in [5.74, 6) is 6.28. The normalized spacial score (nSPS) is 10.3. The molecular weight excluding hydrogens is 256 g/mol. The zero-order valence-electron chi connectivity index (χ0n) is 11.6. The third-order valence-electron chi connectivity index (χ3n) is 2.86. The number of pyridine rings is 1. The van der Waals surface area contributed by atoms with Crippen molar-refractivity contribution in [2.24, 2.45) is 12.9 Å². The Balaban J connectivity index is 2.24. The number of hydrazine groups is 1. The van der Waals surface area contributed by atoms with Gasteiger partial charge in [0.2, 0.25) is 0 Å². The Labute approximate surface area is 117 Å². The summed E-state index contributed by atoms with van der Waals surface area (Å²) in [5.41, 5.74) is 3.83. The van der Waals surface area contributed by atoms with Crippen molar-refractivity contribution in [3.05, 3.63) is 35.7 Å². The van der Waals surface area contributed by atoms with E-state index >= 15 is 0 Å². The van der Waals surface area contributed by atoms with Gasteiger partial charge in [0.1, 0.15) is 11.6 Å². The van der Waals surface area contributed by atoms with E-state index in [2.05, 4.69) is 27.7 Å². The molecule has 106 valence electrons. The zero-order chi connectivity index (χ0) is 14.5. The SMILES string of the molecule is CCCc1cc(C(=O)Nc2ccnn2C)cc(NN)n1. The molecule has 1 amide bonds. The van der Waals surface area contributed by atoms with Crippen LogP contribution in [0.1, 0.15) is 29.4 Å². The van der Waals surface area contributed by atoms with Gasteiger partial charge < -0.3 is 10.7 Å². The van der Waals surface area contributed by atoms with E-state index in [-0.39, 0.29) is 5.91 Å². The number of hydrogen-bond donors (Lipinski definition) is 3. The highest BCUT2D eigenvalue weighted by Gasteiger charge is 2.11. The van der Waals surface area contributed by atoms with Gasteiger partial charge in [-0.05, 0) is 18.6 Å². The Morgan fingerprint density at radius 2 is 2.25 bits per heavy atom. The summed E-state index contributed by atoms with van der Waals surface area (Å²) in [6.07, 6.45) is 3.36. The summed E-state index contributed by atoms with van der Waals surface area (Å²) in [6.45, 7) is 2.06. The van der Waals surface area contributed by atoms with E-state index in [9.17, 15) is 4.79 Å². The molecule has 0 spiro atoms. The van der Waals surface area contributed by atoms with Crippen molar-refractivity contribution < 1.29 is 4.79 Å². The summed E-state index contributed by atoms with van der Waals surface area (Å²) in [7, 11) is 1.76. The molecule has 2 rings (SSSR count). The highest BCUT2D eigenvalue weighted by molar-refractivity contribution is 6.04. The van der Waals surface area contributed by atoms with Crippen molar-refractivity contribution in [2.45, 2.75) is 19.8 Å². The van der Waals surface area contributed by atoms with Crippen molar-refractivity contribution in [1.29, 1.82) is 0 Å². The Hall–Kier alpha value is -2.41. The lowest BCUT2D eigenvalue weighted by Crippen LogP contribution is -2.17. The summed E-state index contributed by atoms with van der Waals surface area (Å²) in [6, 6.07) is 5.12. The highest BCUT2D eigenvalue weighted by atomic mass is 16.1. The van der Waals surface area contributed by atoms with Gasteiger partial charge in [0.25, 0.3) is 5.91 Å². The topological polar surface area (TPSA) is 97.9 Å². The molecule has 2 aromatic rings. The molecule has 0 saturated carbocycles. The number of rotatable bonds is 5. The number of carbonyl (C=O) groups is 1. The Bertz CT molecular complexity index is 607. The lowest BCUT2D eigenvalue weighted by molar-refractivity contribution is 0.102. The van der Waals surface area contributed by atoms with Gasteiger partial charge in [-0.1, -0.05) is 13.3 Å². The molecule has 7 heteroatoms. The second kappa shape index (κ2) is 6.16. The molecular formula is C13H18N6O. The monoisotopic (exact) mass is 274 g/mol. The molecule has 0 bridgehead atoms. The molecule has 4 N–H and O–H groups in total. The molecule has 7 nitrogen and oxygen atoms in total. The number of hydrogen-bond acceptors (Lipinski definition) is 5. The van der Waals surface area contributed by atoms with Gasteiger partial charge in [0.15, 0.2) is 0 Å². The van der Waals surface area contributed by atoms with Crippen molar-refractivity contribution >= 4 is 17.5 Å². The first-order valence-electron chi connectivity index (χ1n) is 6.41. The van der Waals surface area contributed by atoms with E-state index in [1.165, 1.54) is 0 Å². The zero-order valence-corrected chi connectivity index (χ0v) is 11.6.